The van der Waals surface area contributed by atoms with Gasteiger partial charge >= 0.3 is 0 Å². The molecule has 0 saturated carbocycles. The van der Waals surface area contributed by atoms with Crippen molar-refractivity contribution < 1.29 is 14.3 Å². The van der Waals surface area contributed by atoms with Crippen molar-refractivity contribution in [2.45, 2.75) is 12.6 Å². The number of hydrogen-bond donors (Lipinski definition) is 0. The van der Waals surface area contributed by atoms with Crippen molar-refractivity contribution in [1.29, 1.82) is 0 Å². The van der Waals surface area contributed by atoms with E-state index in [-0.39, 0.29) is 35.4 Å². The Hall–Kier alpha value is -4.78. The molecule has 7 nitrogen and oxygen atoms in total. The highest BCUT2D eigenvalue weighted by atomic mass is 16.5. The minimum absolute atomic E-state index is 0.0475. The van der Waals surface area contributed by atoms with E-state index in [1.54, 1.807) is 15.8 Å². The molecule has 1 amide bonds. The SMILES string of the molecule is O=C1c2c(OCc3ccccc3)c(=O)ccn2N2CN1C/C=C\COc1ccccc1C2c1ccccc1. The van der Waals surface area contributed by atoms with Gasteiger partial charge in [0.05, 0.1) is 0 Å². The summed E-state index contributed by atoms with van der Waals surface area (Å²) in [6, 6.07) is 28.8. The van der Waals surface area contributed by atoms with Crippen LogP contribution in [0.2, 0.25) is 0 Å². The molecular weight excluding hydrogens is 478 g/mol. The minimum atomic E-state index is -0.331. The van der Waals surface area contributed by atoms with Crippen LogP contribution in [0.1, 0.15) is 33.2 Å². The quantitative estimate of drug-likeness (QED) is 0.382. The summed E-state index contributed by atoms with van der Waals surface area (Å²) < 4.78 is 14.0. The molecule has 4 aromatic rings. The first-order valence-electron chi connectivity index (χ1n) is 12.6. The maximum Gasteiger partial charge on any atom is 0.278 e. The van der Waals surface area contributed by atoms with Crippen LogP contribution < -0.4 is 19.9 Å². The lowest BCUT2D eigenvalue weighted by molar-refractivity contribution is 0.0698. The summed E-state index contributed by atoms with van der Waals surface area (Å²) in [5.74, 6) is 0.553. The smallest absolute Gasteiger partial charge is 0.278 e. The number of amides is 1. The second kappa shape index (κ2) is 10.3. The summed E-state index contributed by atoms with van der Waals surface area (Å²) >= 11 is 0. The highest BCUT2D eigenvalue weighted by Crippen LogP contribution is 2.37. The molecule has 7 heteroatoms. The van der Waals surface area contributed by atoms with Gasteiger partial charge < -0.3 is 14.4 Å². The largest absolute Gasteiger partial charge is 0.489 e. The van der Waals surface area contributed by atoms with Crippen molar-refractivity contribution in [2.75, 3.05) is 24.8 Å². The molecule has 0 spiro atoms. The van der Waals surface area contributed by atoms with Gasteiger partial charge in [-0.15, -0.1) is 0 Å². The molecule has 190 valence electrons. The highest BCUT2D eigenvalue weighted by molar-refractivity contribution is 5.96. The third-order valence-corrected chi connectivity index (χ3v) is 6.80. The number of fused-ring (bicyclic) bond motifs is 5. The molecule has 38 heavy (non-hydrogen) atoms. The topological polar surface area (TPSA) is 64.0 Å². The van der Waals surface area contributed by atoms with E-state index in [1.165, 1.54) is 6.07 Å². The zero-order valence-electron chi connectivity index (χ0n) is 20.8. The number of hydrogen-bond acceptors (Lipinski definition) is 5. The standard InChI is InChI=1S/C31H27N3O4/c35-26-17-19-33-29(30(26)38-21-23-11-3-1-4-12-23)31(36)32-18-9-10-20-37-27-16-8-7-15-25(27)28(34(33)22-32)24-13-5-2-6-14-24/h1-17,19,28H,18,20-22H2/b10-9-. The van der Waals surface area contributed by atoms with Gasteiger partial charge in [0.2, 0.25) is 5.43 Å². The second-order valence-electron chi connectivity index (χ2n) is 9.22. The molecule has 0 fully saturated rings. The summed E-state index contributed by atoms with van der Waals surface area (Å²) in [6.45, 7) is 1.25. The van der Waals surface area contributed by atoms with Gasteiger partial charge in [0.25, 0.3) is 5.91 Å². The molecule has 0 aliphatic carbocycles. The third-order valence-electron chi connectivity index (χ3n) is 6.80. The highest BCUT2D eigenvalue weighted by Gasteiger charge is 2.37. The molecule has 0 saturated heterocycles. The van der Waals surface area contributed by atoms with Gasteiger partial charge in [-0.2, -0.15) is 0 Å². The lowest BCUT2D eigenvalue weighted by atomic mass is 9.97. The van der Waals surface area contributed by atoms with Crippen LogP contribution in [0.25, 0.3) is 0 Å². The van der Waals surface area contributed by atoms with Crippen LogP contribution in [0, 0.1) is 0 Å². The molecule has 3 aromatic carbocycles. The number of carbonyl (C=O) groups is 1. The Morgan fingerprint density at radius 1 is 0.842 bits per heavy atom. The second-order valence-corrected chi connectivity index (χ2v) is 9.22. The van der Waals surface area contributed by atoms with E-state index in [2.05, 4.69) is 17.1 Å². The lowest BCUT2D eigenvalue weighted by Crippen LogP contribution is -2.55. The van der Waals surface area contributed by atoms with Crippen molar-refractivity contribution in [1.82, 2.24) is 9.58 Å². The van der Waals surface area contributed by atoms with Crippen molar-refractivity contribution in [3.63, 3.8) is 0 Å². The molecule has 2 bridgehead atoms. The zero-order valence-corrected chi connectivity index (χ0v) is 20.8. The number of rotatable bonds is 4. The number of nitrogens with zero attached hydrogens (tertiary/aromatic N) is 3. The van der Waals surface area contributed by atoms with Crippen molar-refractivity contribution in [2.24, 2.45) is 0 Å². The van der Waals surface area contributed by atoms with Crippen LogP contribution in [-0.2, 0) is 6.61 Å². The molecule has 6 rings (SSSR count). The molecule has 0 N–H and O–H groups in total. The molecule has 0 radical (unpaired) electrons. The van der Waals surface area contributed by atoms with E-state index in [0.717, 1.165) is 22.4 Å². The van der Waals surface area contributed by atoms with E-state index < -0.39 is 0 Å². The number of ether oxygens (including phenoxy) is 2. The summed E-state index contributed by atoms with van der Waals surface area (Å²) in [4.78, 5) is 28.7. The first-order chi connectivity index (χ1) is 18.7. The van der Waals surface area contributed by atoms with Crippen LogP contribution in [-0.4, -0.2) is 35.3 Å². The molecule has 2 aliphatic heterocycles. The first-order valence-corrected chi connectivity index (χ1v) is 12.6. The van der Waals surface area contributed by atoms with Gasteiger partial charge in [-0.1, -0.05) is 84.9 Å². The van der Waals surface area contributed by atoms with Gasteiger partial charge in [0.15, 0.2) is 11.4 Å². The van der Waals surface area contributed by atoms with Crippen LogP contribution in [0.3, 0.4) is 0 Å². The summed E-state index contributed by atoms with van der Waals surface area (Å²) in [5.41, 5.74) is 2.78. The van der Waals surface area contributed by atoms with Crippen LogP contribution in [0.5, 0.6) is 11.5 Å². The van der Waals surface area contributed by atoms with Crippen LogP contribution in [0.15, 0.2) is 114 Å². The van der Waals surface area contributed by atoms with E-state index >= 15 is 0 Å². The molecular formula is C31H27N3O4. The Morgan fingerprint density at radius 2 is 1.58 bits per heavy atom. The number of aromatic nitrogens is 1. The van der Waals surface area contributed by atoms with E-state index in [4.69, 9.17) is 9.47 Å². The minimum Gasteiger partial charge on any atom is -0.489 e. The van der Waals surface area contributed by atoms with Gasteiger partial charge in [-0.3, -0.25) is 19.3 Å². The van der Waals surface area contributed by atoms with E-state index in [0.29, 0.717) is 19.8 Å². The average molecular weight is 506 g/mol. The summed E-state index contributed by atoms with van der Waals surface area (Å²) in [5, 5.41) is 2.09. The average Bonchev–Trinajstić information content (AvgIpc) is 2.99. The van der Waals surface area contributed by atoms with Gasteiger partial charge in [-0.25, -0.2) is 0 Å². The normalized spacial score (nSPS) is 17.5. The van der Waals surface area contributed by atoms with Crippen LogP contribution >= 0.6 is 0 Å². The first kappa shape index (κ1) is 23.6. The number of carbonyl (C=O) groups excluding carboxylic acids is 1. The Kier molecular flexibility index (Phi) is 6.40. The maximum absolute atomic E-state index is 13.8. The molecule has 1 unspecified atom stereocenters. The van der Waals surface area contributed by atoms with E-state index in [1.807, 2.05) is 84.9 Å². The lowest BCUT2D eigenvalue weighted by Gasteiger charge is -2.44. The third kappa shape index (κ3) is 4.43. The van der Waals surface area contributed by atoms with Gasteiger partial charge in [0.1, 0.15) is 31.7 Å². The van der Waals surface area contributed by atoms with Gasteiger partial charge in [0, 0.05) is 24.4 Å². The molecule has 1 atom stereocenters. The van der Waals surface area contributed by atoms with Crippen molar-refractivity contribution in [3.8, 4) is 11.5 Å². The maximum atomic E-state index is 13.8. The zero-order chi connectivity index (χ0) is 25.9. The fourth-order valence-corrected chi connectivity index (χ4v) is 4.98. The van der Waals surface area contributed by atoms with Crippen LogP contribution in [0.4, 0.5) is 0 Å². The predicted molar refractivity (Wildman–Crippen MR) is 145 cm³/mol. The molecule has 3 heterocycles. The number of pyridine rings is 1. The Morgan fingerprint density at radius 3 is 2.39 bits per heavy atom. The van der Waals surface area contributed by atoms with Gasteiger partial charge in [-0.05, 0) is 23.3 Å². The van der Waals surface area contributed by atoms with Crippen molar-refractivity contribution in [3.05, 3.63) is 142 Å². The fourth-order valence-electron chi connectivity index (χ4n) is 4.98. The predicted octanol–water partition coefficient (Wildman–Crippen LogP) is 4.52. The number of para-hydroxylation sites is 1. The fraction of sp³-hybridized carbons (Fsp3) is 0.161. The summed E-state index contributed by atoms with van der Waals surface area (Å²) in [6.07, 6.45) is 5.50. The number of benzene rings is 3. The monoisotopic (exact) mass is 505 g/mol. The van der Waals surface area contributed by atoms with E-state index in [9.17, 15) is 9.59 Å². The molecule has 2 aliphatic rings. The van der Waals surface area contributed by atoms with Crippen molar-refractivity contribution >= 4 is 5.91 Å². The Labute approximate surface area is 220 Å². The molecule has 1 aromatic heterocycles. The summed E-state index contributed by atoms with van der Waals surface area (Å²) in [7, 11) is 0. The Balaban J connectivity index is 1.54. The Bertz CT molecular complexity index is 1530.